The zero-order valence-electron chi connectivity index (χ0n) is 5.41. The molecule has 56 valence electrons. The Morgan fingerprint density at radius 2 is 2.00 bits per heavy atom. The van der Waals surface area contributed by atoms with E-state index >= 15 is 0 Å². The number of anilines is 1. The average Bonchev–Trinajstić information content (AvgIpc) is 2.45. The lowest BCUT2D eigenvalue weighted by atomic mass is 10.3. The van der Waals surface area contributed by atoms with Crippen molar-refractivity contribution in [3.63, 3.8) is 0 Å². The van der Waals surface area contributed by atoms with Gasteiger partial charge < -0.3 is 5.73 Å². The number of fused-ring (bicyclic) bond motifs is 1. The van der Waals surface area contributed by atoms with Crippen LogP contribution in [-0.4, -0.2) is 10.3 Å². The molecule has 0 spiro atoms. The van der Waals surface area contributed by atoms with Gasteiger partial charge in [0.15, 0.2) is 11.0 Å². The summed E-state index contributed by atoms with van der Waals surface area (Å²) < 4.78 is 5.54. The van der Waals surface area contributed by atoms with E-state index in [1.165, 1.54) is 0 Å². The molecule has 11 heavy (non-hydrogen) atoms. The van der Waals surface area contributed by atoms with Gasteiger partial charge >= 0.3 is 0 Å². The fourth-order valence-electron chi connectivity index (χ4n) is 0.855. The fourth-order valence-corrected chi connectivity index (χ4v) is 1.39. The Bertz CT molecular complexity index is 362. The Morgan fingerprint density at radius 3 is 2.73 bits per heavy atom. The first kappa shape index (κ1) is 6.84. The third kappa shape index (κ3) is 0.953. The Balaban J connectivity index is 2.96. The van der Waals surface area contributed by atoms with Crippen molar-refractivity contribution in [3.05, 3.63) is 15.7 Å². The van der Waals surface area contributed by atoms with Gasteiger partial charge in [-0.15, -0.1) is 0 Å². The summed E-state index contributed by atoms with van der Waals surface area (Å²) in [7, 11) is 0. The van der Waals surface area contributed by atoms with Crippen LogP contribution in [0.15, 0.2) is 16.8 Å². The predicted octanol–water partition coefficient (Wildman–Crippen LogP) is 1.41. The van der Waals surface area contributed by atoms with Crippen LogP contribution < -0.4 is 5.73 Å². The predicted molar refractivity (Wildman–Crippen MR) is 48.9 cm³/mol. The van der Waals surface area contributed by atoms with E-state index in [1.807, 2.05) is 6.07 Å². The van der Waals surface area contributed by atoms with Crippen molar-refractivity contribution in [2.24, 2.45) is 0 Å². The Kier molecular flexibility index (Phi) is 1.45. The molecule has 1 aromatic carbocycles. The van der Waals surface area contributed by atoms with Crippen LogP contribution in [0.5, 0.6) is 0 Å². The van der Waals surface area contributed by atoms with Gasteiger partial charge in [0.1, 0.15) is 0 Å². The molecule has 0 fully saturated rings. The normalized spacial score (nSPS) is 10.6. The second-order valence-corrected chi connectivity index (χ2v) is 3.26. The van der Waals surface area contributed by atoms with Crippen LogP contribution >= 0.6 is 22.6 Å². The maximum Gasteiger partial charge on any atom is 0.159 e. The molecule has 0 saturated carbocycles. The molecule has 0 aliphatic rings. The number of benzene rings is 1. The maximum absolute atomic E-state index is 5.60. The van der Waals surface area contributed by atoms with Crippen molar-refractivity contribution in [2.75, 3.05) is 5.73 Å². The second-order valence-electron chi connectivity index (χ2n) is 2.10. The van der Waals surface area contributed by atoms with E-state index in [-0.39, 0.29) is 0 Å². The molecule has 0 bridgehead atoms. The molecule has 2 aromatic rings. The molecular weight excluding hydrogens is 257 g/mol. The van der Waals surface area contributed by atoms with E-state index < -0.39 is 0 Å². The minimum atomic E-state index is 0.599. The fraction of sp³-hybridized carbons (Fsp3) is 0. The number of hydrogen-bond acceptors (Lipinski definition) is 4. The summed E-state index contributed by atoms with van der Waals surface area (Å²) in [6.45, 7) is 0. The zero-order valence-corrected chi connectivity index (χ0v) is 7.57. The van der Waals surface area contributed by atoms with E-state index in [1.54, 1.807) is 6.07 Å². The number of rotatable bonds is 0. The largest absolute Gasteiger partial charge is 0.397 e. The molecule has 2 rings (SSSR count). The van der Waals surface area contributed by atoms with Gasteiger partial charge in [-0.25, -0.2) is 4.63 Å². The number of aromatic nitrogens is 2. The molecule has 4 nitrogen and oxygen atoms in total. The summed E-state index contributed by atoms with van der Waals surface area (Å²) in [5.74, 6) is 0. The number of nitrogens with two attached hydrogens (primary N) is 1. The molecule has 0 amide bonds. The zero-order chi connectivity index (χ0) is 7.84. The summed E-state index contributed by atoms with van der Waals surface area (Å²) in [4.78, 5) is 0. The first-order valence-corrected chi connectivity index (χ1v) is 4.03. The van der Waals surface area contributed by atoms with Gasteiger partial charge in [-0.05, 0) is 45.0 Å². The van der Waals surface area contributed by atoms with E-state index in [9.17, 15) is 0 Å². The van der Waals surface area contributed by atoms with Crippen molar-refractivity contribution in [1.82, 2.24) is 10.3 Å². The van der Waals surface area contributed by atoms with Crippen LogP contribution in [0.2, 0.25) is 0 Å². The SMILES string of the molecule is Nc1ccc(I)c2nonc12. The van der Waals surface area contributed by atoms with Crippen molar-refractivity contribution in [2.45, 2.75) is 0 Å². The number of halogens is 1. The monoisotopic (exact) mass is 261 g/mol. The van der Waals surface area contributed by atoms with Crippen LogP contribution in [-0.2, 0) is 0 Å². The Labute approximate surface area is 75.9 Å². The molecule has 0 aliphatic carbocycles. The molecule has 1 aromatic heterocycles. The van der Waals surface area contributed by atoms with Crippen molar-refractivity contribution in [1.29, 1.82) is 0 Å². The van der Waals surface area contributed by atoms with Crippen LogP contribution in [0.4, 0.5) is 5.69 Å². The van der Waals surface area contributed by atoms with E-state index in [4.69, 9.17) is 5.73 Å². The lowest BCUT2D eigenvalue weighted by Gasteiger charge is -1.92. The van der Waals surface area contributed by atoms with Crippen LogP contribution in [0, 0.1) is 3.57 Å². The summed E-state index contributed by atoms with van der Waals surface area (Å²) in [5.41, 5.74) is 7.57. The summed E-state index contributed by atoms with van der Waals surface area (Å²) in [6, 6.07) is 3.66. The van der Waals surface area contributed by atoms with E-state index in [0.29, 0.717) is 11.2 Å². The number of nitrogen functional groups attached to an aromatic ring is 1. The molecule has 0 unspecified atom stereocenters. The van der Waals surface area contributed by atoms with Crippen molar-refractivity contribution < 1.29 is 4.63 Å². The molecule has 0 aliphatic heterocycles. The van der Waals surface area contributed by atoms with Gasteiger partial charge in [-0.1, -0.05) is 0 Å². The minimum absolute atomic E-state index is 0.599. The highest BCUT2D eigenvalue weighted by Crippen LogP contribution is 2.21. The van der Waals surface area contributed by atoms with Crippen molar-refractivity contribution >= 4 is 39.3 Å². The smallest absolute Gasteiger partial charge is 0.159 e. The van der Waals surface area contributed by atoms with E-state index in [0.717, 1.165) is 9.09 Å². The second kappa shape index (κ2) is 2.33. The van der Waals surface area contributed by atoms with Gasteiger partial charge in [0.05, 0.1) is 5.69 Å². The first-order valence-electron chi connectivity index (χ1n) is 2.95. The highest BCUT2D eigenvalue weighted by molar-refractivity contribution is 14.1. The number of nitrogens with zero attached hydrogens (tertiary/aromatic N) is 2. The highest BCUT2D eigenvalue weighted by Gasteiger charge is 2.06. The maximum atomic E-state index is 5.60. The van der Waals surface area contributed by atoms with Gasteiger partial charge in [0.25, 0.3) is 0 Å². The highest BCUT2D eigenvalue weighted by atomic mass is 127. The van der Waals surface area contributed by atoms with Crippen molar-refractivity contribution in [3.8, 4) is 0 Å². The third-order valence-corrected chi connectivity index (χ3v) is 2.27. The molecule has 5 heteroatoms. The molecule has 0 saturated heterocycles. The van der Waals surface area contributed by atoms with Gasteiger partial charge in [-0.3, -0.25) is 0 Å². The van der Waals surface area contributed by atoms with Gasteiger partial charge in [0.2, 0.25) is 0 Å². The summed E-state index contributed by atoms with van der Waals surface area (Å²) in [5, 5.41) is 7.37. The van der Waals surface area contributed by atoms with Crippen LogP contribution in [0.25, 0.3) is 11.0 Å². The average molecular weight is 261 g/mol. The first-order chi connectivity index (χ1) is 5.29. The standard InChI is InChI=1S/C6H4IN3O/c7-3-1-2-4(8)6-5(3)9-11-10-6/h1-2H,8H2. The summed E-state index contributed by atoms with van der Waals surface area (Å²) in [6.07, 6.45) is 0. The van der Waals surface area contributed by atoms with Crippen LogP contribution in [0.3, 0.4) is 0 Å². The number of hydrogen-bond donors (Lipinski definition) is 1. The lowest BCUT2D eigenvalue weighted by molar-refractivity contribution is 0.315. The Hall–Kier alpha value is -0.850. The lowest BCUT2D eigenvalue weighted by Crippen LogP contribution is -1.87. The topological polar surface area (TPSA) is 64.9 Å². The molecular formula is C6H4IN3O. The van der Waals surface area contributed by atoms with Gasteiger partial charge in [-0.2, -0.15) is 0 Å². The molecule has 2 N–H and O–H groups in total. The van der Waals surface area contributed by atoms with Gasteiger partial charge in [0, 0.05) is 3.57 Å². The molecule has 1 heterocycles. The third-order valence-electron chi connectivity index (χ3n) is 1.40. The quantitative estimate of drug-likeness (QED) is 0.575. The Morgan fingerprint density at radius 1 is 1.27 bits per heavy atom. The van der Waals surface area contributed by atoms with Crippen LogP contribution in [0.1, 0.15) is 0 Å². The minimum Gasteiger partial charge on any atom is -0.397 e. The summed E-state index contributed by atoms with van der Waals surface area (Å²) >= 11 is 2.15. The van der Waals surface area contributed by atoms with E-state index in [2.05, 4.69) is 37.5 Å². The molecule has 0 atom stereocenters. The molecule has 0 radical (unpaired) electrons.